The Morgan fingerprint density at radius 1 is 1.35 bits per heavy atom. The Kier molecular flexibility index (Phi) is 5.66. The maximum atomic E-state index is 14.4. The van der Waals surface area contributed by atoms with Gasteiger partial charge in [0.05, 0.1) is 5.56 Å². The van der Waals surface area contributed by atoms with Gasteiger partial charge in [0.2, 0.25) is 0 Å². The topological polar surface area (TPSA) is 68.4 Å². The standard InChI is InChI=1S/C19H18ClFN2O3/c1-3-25-11(2)19-16(18(24)12-5-4-8-22-10-12)17(23-26-19)14-7-6-13(20)9-15(14)21/h4-11,18,24H,3H2,1-2H3. The van der Waals surface area contributed by atoms with Gasteiger partial charge >= 0.3 is 0 Å². The van der Waals surface area contributed by atoms with Gasteiger partial charge in [0, 0.05) is 35.2 Å². The van der Waals surface area contributed by atoms with E-state index in [0.717, 1.165) is 0 Å². The van der Waals surface area contributed by atoms with E-state index in [1.807, 2.05) is 6.92 Å². The zero-order valence-corrected chi connectivity index (χ0v) is 15.1. The molecule has 2 aromatic heterocycles. The van der Waals surface area contributed by atoms with E-state index in [2.05, 4.69) is 10.1 Å². The first-order valence-electron chi connectivity index (χ1n) is 8.17. The molecule has 5 nitrogen and oxygen atoms in total. The number of pyridine rings is 1. The summed E-state index contributed by atoms with van der Waals surface area (Å²) in [6, 6.07) is 7.68. The highest BCUT2D eigenvalue weighted by molar-refractivity contribution is 6.30. The molecule has 0 amide bonds. The molecule has 3 rings (SSSR count). The van der Waals surface area contributed by atoms with Gasteiger partial charge in [-0.3, -0.25) is 4.98 Å². The average Bonchev–Trinajstić information content (AvgIpc) is 3.07. The molecule has 7 heteroatoms. The van der Waals surface area contributed by atoms with E-state index in [9.17, 15) is 9.50 Å². The number of hydrogen-bond donors (Lipinski definition) is 1. The molecule has 1 N–H and O–H groups in total. The molecular formula is C19H18ClFN2O3. The Morgan fingerprint density at radius 3 is 2.81 bits per heavy atom. The number of aromatic nitrogens is 2. The predicted octanol–water partition coefficient (Wildman–Crippen LogP) is 4.71. The first-order chi connectivity index (χ1) is 12.5. The van der Waals surface area contributed by atoms with Gasteiger partial charge in [-0.15, -0.1) is 0 Å². The summed E-state index contributed by atoms with van der Waals surface area (Å²) in [6.07, 6.45) is 1.58. The summed E-state index contributed by atoms with van der Waals surface area (Å²) in [5.41, 5.74) is 1.28. The van der Waals surface area contributed by atoms with E-state index in [0.29, 0.717) is 23.5 Å². The van der Waals surface area contributed by atoms with Crippen LogP contribution in [0.5, 0.6) is 0 Å². The van der Waals surface area contributed by atoms with E-state index in [1.54, 1.807) is 31.3 Å². The lowest BCUT2D eigenvalue weighted by Crippen LogP contribution is -2.08. The molecule has 2 atom stereocenters. The molecule has 2 heterocycles. The summed E-state index contributed by atoms with van der Waals surface area (Å²) < 4.78 is 25.5. The van der Waals surface area contributed by atoms with Crippen molar-refractivity contribution in [3.8, 4) is 11.3 Å². The number of ether oxygens (including phenoxy) is 1. The minimum absolute atomic E-state index is 0.186. The maximum absolute atomic E-state index is 14.4. The van der Waals surface area contributed by atoms with Crippen molar-refractivity contribution < 1.29 is 18.8 Å². The number of benzene rings is 1. The molecule has 2 unspecified atom stereocenters. The molecule has 0 fully saturated rings. The summed E-state index contributed by atoms with van der Waals surface area (Å²) in [7, 11) is 0. The Balaban J connectivity index is 2.16. The number of aliphatic hydroxyl groups excluding tert-OH is 1. The molecule has 0 saturated heterocycles. The van der Waals surface area contributed by atoms with E-state index >= 15 is 0 Å². The van der Waals surface area contributed by atoms with Crippen molar-refractivity contribution >= 4 is 11.6 Å². The predicted molar refractivity (Wildman–Crippen MR) is 95.2 cm³/mol. The summed E-state index contributed by atoms with van der Waals surface area (Å²) in [4.78, 5) is 4.02. The third-order valence-corrected chi connectivity index (χ3v) is 4.24. The zero-order valence-electron chi connectivity index (χ0n) is 14.3. The van der Waals surface area contributed by atoms with Crippen molar-refractivity contribution in [2.45, 2.75) is 26.1 Å². The number of nitrogens with zero attached hydrogens (tertiary/aromatic N) is 2. The second-order valence-electron chi connectivity index (χ2n) is 5.72. The highest BCUT2D eigenvalue weighted by Crippen LogP contribution is 2.38. The molecule has 0 aliphatic rings. The fourth-order valence-corrected chi connectivity index (χ4v) is 2.93. The van der Waals surface area contributed by atoms with Crippen LogP contribution in [-0.4, -0.2) is 21.9 Å². The van der Waals surface area contributed by atoms with Crippen LogP contribution in [0.1, 0.15) is 42.9 Å². The number of hydrogen-bond acceptors (Lipinski definition) is 5. The number of rotatable bonds is 6. The second kappa shape index (κ2) is 7.95. The van der Waals surface area contributed by atoms with Crippen LogP contribution >= 0.6 is 11.6 Å². The van der Waals surface area contributed by atoms with Crippen LogP contribution in [-0.2, 0) is 4.74 Å². The molecule has 0 bridgehead atoms. The van der Waals surface area contributed by atoms with Crippen LogP contribution in [0.4, 0.5) is 4.39 Å². The summed E-state index contributed by atoms with van der Waals surface area (Å²) in [5.74, 6) is -0.214. The number of halogens is 2. The lowest BCUT2D eigenvalue weighted by molar-refractivity contribution is 0.0529. The van der Waals surface area contributed by atoms with Crippen molar-refractivity contribution in [1.82, 2.24) is 10.1 Å². The van der Waals surface area contributed by atoms with Crippen LogP contribution in [0.3, 0.4) is 0 Å². The minimum atomic E-state index is -1.10. The maximum Gasteiger partial charge on any atom is 0.171 e. The Hall–Kier alpha value is -2.28. The normalized spacial score (nSPS) is 13.6. The first-order valence-corrected chi connectivity index (χ1v) is 8.55. The second-order valence-corrected chi connectivity index (χ2v) is 6.16. The van der Waals surface area contributed by atoms with Crippen LogP contribution in [0.25, 0.3) is 11.3 Å². The van der Waals surface area contributed by atoms with Crippen molar-refractivity contribution in [2.75, 3.05) is 6.61 Å². The molecule has 0 spiro atoms. The van der Waals surface area contributed by atoms with Gasteiger partial charge < -0.3 is 14.4 Å². The first kappa shape index (κ1) is 18.5. The van der Waals surface area contributed by atoms with Gasteiger partial charge in [-0.1, -0.05) is 22.8 Å². The van der Waals surface area contributed by atoms with Crippen LogP contribution < -0.4 is 0 Å². The van der Waals surface area contributed by atoms with Gasteiger partial charge in [-0.25, -0.2) is 4.39 Å². The van der Waals surface area contributed by atoms with Crippen molar-refractivity contribution in [2.24, 2.45) is 0 Å². The van der Waals surface area contributed by atoms with Gasteiger partial charge in [0.15, 0.2) is 5.76 Å². The molecule has 136 valence electrons. The third kappa shape index (κ3) is 3.62. The zero-order chi connectivity index (χ0) is 18.7. The Labute approximate surface area is 155 Å². The van der Waals surface area contributed by atoms with Crippen LogP contribution in [0.2, 0.25) is 5.02 Å². The lowest BCUT2D eigenvalue weighted by Gasteiger charge is -2.15. The summed E-state index contributed by atoms with van der Waals surface area (Å²) in [6.45, 7) is 4.09. The summed E-state index contributed by atoms with van der Waals surface area (Å²) >= 11 is 5.84. The fraction of sp³-hybridized carbons (Fsp3) is 0.263. The minimum Gasteiger partial charge on any atom is -0.383 e. The molecule has 0 aliphatic carbocycles. The number of aliphatic hydroxyl groups is 1. The largest absolute Gasteiger partial charge is 0.383 e. The Bertz CT molecular complexity index is 886. The quantitative estimate of drug-likeness (QED) is 0.674. The smallest absolute Gasteiger partial charge is 0.171 e. The third-order valence-electron chi connectivity index (χ3n) is 4.00. The van der Waals surface area contributed by atoms with Gasteiger partial charge in [0.25, 0.3) is 0 Å². The highest BCUT2D eigenvalue weighted by atomic mass is 35.5. The van der Waals surface area contributed by atoms with Crippen LogP contribution in [0.15, 0.2) is 47.2 Å². The molecule has 26 heavy (non-hydrogen) atoms. The fourth-order valence-electron chi connectivity index (χ4n) is 2.77. The van der Waals surface area contributed by atoms with Gasteiger partial charge in [0.1, 0.15) is 23.7 Å². The van der Waals surface area contributed by atoms with Crippen LogP contribution in [0, 0.1) is 5.82 Å². The van der Waals surface area contributed by atoms with E-state index < -0.39 is 18.0 Å². The molecular weight excluding hydrogens is 359 g/mol. The average molecular weight is 377 g/mol. The molecule has 3 aromatic rings. The SMILES string of the molecule is CCOC(C)c1onc(-c2ccc(Cl)cc2F)c1C(O)c1cccnc1. The lowest BCUT2D eigenvalue weighted by atomic mass is 9.95. The van der Waals surface area contributed by atoms with Gasteiger partial charge in [-0.05, 0) is 38.1 Å². The van der Waals surface area contributed by atoms with Crippen molar-refractivity contribution in [1.29, 1.82) is 0 Å². The van der Waals surface area contributed by atoms with Crippen molar-refractivity contribution in [3.05, 3.63) is 70.5 Å². The van der Waals surface area contributed by atoms with Gasteiger partial charge in [-0.2, -0.15) is 0 Å². The van der Waals surface area contributed by atoms with E-state index in [-0.39, 0.29) is 16.3 Å². The summed E-state index contributed by atoms with van der Waals surface area (Å²) in [5, 5.41) is 15.2. The molecule has 0 aliphatic heterocycles. The monoisotopic (exact) mass is 376 g/mol. The molecule has 0 radical (unpaired) electrons. The van der Waals surface area contributed by atoms with Crippen molar-refractivity contribution in [3.63, 3.8) is 0 Å². The Morgan fingerprint density at radius 2 is 2.15 bits per heavy atom. The highest BCUT2D eigenvalue weighted by Gasteiger charge is 2.29. The molecule has 0 saturated carbocycles. The molecule has 1 aromatic carbocycles. The van der Waals surface area contributed by atoms with E-state index in [1.165, 1.54) is 18.3 Å². The van der Waals surface area contributed by atoms with E-state index in [4.69, 9.17) is 20.9 Å².